The molecule has 10 heteroatoms. The third kappa shape index (κ3) is 7.02. The van der Waals surface area contributed by atoms with E-state index in [0.29, 0.717) is 34.8 Å². The number of hydrogen-bond donors (Lipinski definition) is 1. The van der Waals surface area contributed by atoms with Crippen molar-refractivity contribution < 1.29 is 14.3 Å². The van der Waals surface area contributed by atoms with Crippen LogP contribution in [0.3, 0.4) is 0 Å². The molecule has 0 radical (unpaired) electrons. The minimum Gasteiger partial charge on any atom is -0.497 e. The summed E-state index contributed by atoms with van der Waals surface area (Å²) in [6, 6.07) is 17.5. The van der Waals surface area contributed by atoms with Crippen LogP contribution in [0.4, 0.5) is 11.5 Å². The fourth-order valence-corrected chi connectivity index (χ4v) is 4.94. The van der Waals surface area contributed by atoms with Gasteiger partial charge in [0.25, 0.3) is 5.91 Å². The largest absolute Gasteiger partial charge is 0.497 e. The smallest absolute Gasteiger partial charge is 0.251 e. The predicted molar refractivity (Wildman–Crippen MR) is 145 cm³/mol. The van der Waals surface area contributed by atoms with Crippen molar-refractivity contribution in [1.29, 1.82) is 0 Å². The van der Waals surface area contributed by atoms with Gasteiger partial charge in [-0.15, -0.1) is 0 Å². The number of carbonyl (C=O) groups excluding carboxylic acids is 1. The minimum atomic E-state index is -0.117. The van der Waals surface area contributed by atoms with Gasteiger partial charge in [-0.05, 0) is 42.0 Å². The van der Waals surface area contributed by atoms with Crippen molar-refractivity contribution in [1.82, 2.24) is 15.3 Å². The number of methoxy groups -OCH3 is 2. The Kier molecular flexibility index (Phi) is 9.27. The van der Waals surface area contributed by atoms with Crippen LogP contribution < -0.4 is 19.9 Å². The molecule has 0 atom stereocenters. The maximum Gasteiger partial charge on any atom is 0.251 e. The Hall–Kier alpha value is -3.01. The molecule has 4 rings (SSSR count). The summed E-state index contributed by atoms with van der Waals surface area (Å²) in [4.78, 5) is 26.1. The fourth-order valence-electron chi connectivity index (χ4n) is 3.92. The van der Waals surface area contributed by atoms with E-state index in [1.54, 1.807) is 20.3 Å². The van der Waals surface area contributed by atoms with Gasteiger partial charge >= 0.3 is 0 Å². The first-order chi connectivity index (χ1) is 17.6. The van der Waals surface area contributed by atoms with Crippen molar-refractivity contribution in [2.75, 3.05) is 63.4 Å². The van der Waals surface area contributed by atoms with Crippen molar-refractivity contribution in [3.05, 3.63) is 70.9 Å². The van der Waals surface area contributed by atoms with E-state index in [-0.39, 0.29) is 5.91 Å². The number of ether oxygens (including phenoxy) is 2. The molecule has 8 nitrogen and oxygen atoms in total. The lowest BCUT2D eigenvalue weighted by Crippen LogP contribution is -2.46. The highest BCUT2D eigenvalue weighted by molar-refractivity contribution is 7.98. The van der Waals surface area contributed by atoms with Crippen LogP contribution in [0.5, 0.6) is 5.75 Å². The first-order valence-corrected chi connectivity index (χ1v) is 13.1. The fraction of sp³-hybridized carbons (Fsp3) is 0.346. The van der Waals surface area contributed by atoms with Gasteiger partial charge < -0.3 is 24.6 Å². The van der Waals surface area contributed by atoms with E-state index in [9.17, 15) is 4.79 Å². The number of thioether (sulfide) groups is 1. The number of benzene rings is 2. The average molecular weight is 528 g/mol. The molecule has 36 heavy (non-hydrogen) atoms. The van der Waals surface area contributed by atoms with Crippen molar-refractivity contribution in [3.8, 4) is 5.75 Å². The van der Waals surface area contributed by atoms with E-state index in [0.717, 1.165) is 43.3 Å². The van der Waals surface area contributed by atoms with Gasteiger partial charge in [0, 0.05) is 62.9 Å². The van der Waals surface area contributed by atoms with Gasteiger partial charge in [0.2, 0.25) is 0 Å². The van der Waals surface area contributed by atoms with E-state index in [1.165, 1.54) is 17.4 Å². The second-order valence-electron chi connectivity index (χ2n) is 8.24. The number of piperazine rings is 1. The van der Waals surface area contributed by atoms with E-state index in [1.807, 2.05) is 36.4 Å². The molecule has 1 amide bonds. The van der Waals surface area contributed by atoms with Crippen molar-refractivity contribution in [2.45, 2.75) is 10.9 Å². The molecule has 1 aliphatic heterocycles. The Morgan fingerprint density at radius 1 is 1.03 bits per heavy atom. The molecule has 0 bridgehead atoms. The van der Waals surface area contributed by atoms with E-state index < -0.39 is 0 Å². The lowest BCUT2D eigenvalue weighted by Gasteiger charge is -2.36. The SMILES string of the molecule is COCCNC(=O)c1cccc(CSc2nc(Cl)cc(N3CCN(c4ccc(OC)cc4)CC3)n2)c1. The molecule has 2 heterocycles. The summed E-state index contributed by atoms with van der Waals surface area (Å²) in [7, 11) is 3.28. The first-order valence-electron chi connectivity index (χ1n) is 11.7. The lowest BCUT2D eigenvalue weighted by atomic mass is 10.1. The lowest BCUT2D eigenvalue weighted by molar-refractivity contribution is 0.0937. The van der Waals surface area contributed by atoms with E-state index in [4.69, 9.17) is 26.1 Å². The van der Waals surface area contributed by atoms with E-state index in [2.05, 4.69) is 32.2 Å². The number of nitrogens with one attached hydrogen (secondary N) is 1. The molecular weight excluding hydrogens is 498 g/mol. The van der Waals surface area contributed by atoms with Gasteiger partial charge in [0.15, 0.2) is 5.16 Å². The van der Waals surface area contributed by atoms with Gasteiger partial charge in [-0.3, -0.25) is 4.79 Å². The highest BCUT2D eigenvalue weighted by Gasteiger charge is 2.20. The number of anilines is 2. The Morgan fingerprint density at radius 3 is 2.50 bits per heavy atom. The van der Waals surface area contributed by atoms with Crippen molar-refractivity contribution in [2.24, 2.45) is 0 Å². The quantitative estimate of drug-likeness (QED) is 0.182. The summed E-state index contributed by atoms with van der Waals surface area (Å²) in [5.74, 6) is 2.20. The number of rotatable bonds is 10. The first kappa shape index (κ1) is 26.1. The molecule has 0 unspecified atom stereocenters. The zero-order valence-corrected chi connectivity index (χ0v) is 22.0. The third-order valence-electron chi connectivity index (χ3n) is 5.85. The van der Waals surface area contributed by atoms with Crippen LogP contribution in [0.25, 0.3) is 0 Å². The Balaban J connectivity index is 1.35. The van der Waals surface area contributed by atoms with Crippen LogP contribution in [0.15, 0.2) is 59.8 Å². The molecule has 0 saturated carbocycles. The summed E-state index contributed by atoms with van der Waals surface area (Å²) >= 11 is 7.86. The molecule has 3 aromatic rings. The second-order valence-corrected chi connectivity index (χ2v) is 9.57. The Bertz CT molecular complexity index is 1160. The summed E-state index contributed by atoms with van der Waals surface area (Å²) in [5.41, 5.74) is 2.81. The summed E-state index contributed by atoms with van der Waals surface area (Å²) in [5, 5.41) is 3.88. The maximum atomic E-state index is 12.3. The summed E-state index contributed by atoms with van der Waals surface area (Å²) in [6.45, 7) is 4.40. The highest BCUT2D eigenvalue weighted by atomic mass is 35.5. The highest BCUT2D eigenvalue weighted by Crippen LogP contribution is 2.27. The summed E-state index contributed by atoms with van der Waals surface area (Å²) < 4.78 is 10.2. The normalized spacial score (nSPS) is 13.5. The van der Waals surface area contributed by atoms with E-state index >= 15 is 0 Å². The molecule has 0 spiro atoms. The molecule has 2 aromatic carbocycles. The summed E-state index contributed by atoms with van der Waals surface area (Å²) in [6.07, 6.45) is 0. The monoisotopic (exact) mass is 527 g/mol. The topological polar surface area (TPSA) is 79.8 Å². The zero-order chi connectivity index (χ0) is 25.3. The molecule has 0 aliphatic carbocycles. The molecular formula is C26H30ClN5O3S. The molecule has 1 aromatic heterocycles. The van der Waals surface area contributed by atoms with Gasteiger partial charge in [0.1, 0.15) is 16.7 Å². The Morgan fingerprint density at radius 2 is 1.78 bits per heavy atom. The Labute approximate surface area is 221 Å². The number of halogens is 1. The van der Waals surface area contributed by atoms with Gasteiger partial charge in [-0.1, -0.05) is 35.5 Å². The predicted octanol–water partition coefficient (Wildman–Crippen LogP) is 4.13. The second kappa shape index (κ2) is 12.8. The third-order valence-corrected chi connectivity index (χ3v) is 6.96. The number of aromatic nitrogens is 2. The molecule has 1 aliphatic rings. The minimum absolute atomic E-state index is 0.117. The molecule has 1 saturated heterocycles. The van der Waals surface area contributed by atoms with Crippen LogP contribution in [0, 0.1) is 0 Å². The van der Waals surface area contributed by atoms with Crippen LogP contribution in [-0.4, -0.2) is 69.4 Å². The molecule has 1 fully saturated rings. The van der Waals surface area contributed by atoms with Gasteiger partial charge in [-0.2, -0.15) is 0 Å². The number of nitrogens with zero attached hydrogens (tertiary/aromatic N) is 4. The molecule has 1 N–H and O–H groups in total. The van der Waals surface area contributed by atoms with Crippen LogP contribution in [0.2, 0.25) is 5.15 Å². The zero-order valence-electron chi connectivity index (χ0n) is 20.4. The molecule has 190 valence electrons. The van der Waals surface area contributed by atoms with Gasteiger partial charge in [-0.25, -0.2) is 9.97 Å². The van der Waals surface area contributed by atoms with Crippen molar-refractivity contribution >= 4 is 40.8 Å². The number of amides is 1. The number of carbonyl (C=O) groups is 1. The maximum absolute atomic E-state index is 12.3. The van der Waals surface area contributed by atoms with Crippen molar-refractivity contribution in [3.63, 3.8) is 0 Å². The van der Waals surface area contributed by atoms with Crippen LogP contribution in [-0.2, 0) is 10.5 Å². The van der Waals surface area contributed by atoms with Crippen LogP contribution in [0.1, 0.15) is 15.9 Å². The van der Waals surface area contributed by atoms with Crippen LogP contribution >= 0.6 is 23.4 Å². The van der Waals surface area contributed by atoms with Gasteiger partial charge in [0.05, 0.1) is 13.7 Å². The average Bonchev–Trinajstić information content (AvgIpc) is 2.92. The standard InChI is InChI=1S/C26H30ClN5O3S/c1-34-15-10-28-25(33)20-5-3-4-19(16-20)18-36-26-29-23(27)17-24(30-26)32-13-11-31(12-14-32)21-6-8-22(35-2)9-7-21/h3-9,16-17H,10-15,18H2,1-2H3,(H,28,33). The number of hydrogen-bond acceptors (Lipinski definition) is 8.